The summed E-state index contributed by atoms with van der Waals surface area (Å²) in [5, 5.41) is 21.4. The van der Waals surface area contributed by atoms with Crippen LogP contribution < -0.4 is 5.32 Å². The summed E-state index contributed by atoms with van der Waals surface area (Å²) in [6.45, 7) is 8.82. The Hall–Kier alpha value is -2.91. The number of hydrogen-bond donors (Lipinski definition) is 3. The minimum atomic E-state index is -0.724. The predicted molar refractivity (Wildman–Crippen MR) is 147 cm³/mol. The number of likely N-dealkylation sites (tertiary alicyclic amines) is 1. The van der Waals surface area contributed by atoms with Crippen molar-refractivity contribution in [2.75, 3.05) is 19.6 Å². The third-order valence-electron chi connectivity index (χ3n) is 7.20. The number of hydroxylamine groups is 2. The molecule has 2 atom stereocenters. The number of benzene rings is 1. The summed E-state index contributed by atoms with van der Waals surface area (Å²) in [5.41, 5.74) is 2.18. The summed E-state index contributed by atoms with van der Waals surface area (Å²) in [4.78, 5) is 39.5. The summed E-state index contributed by atoms with van der Waals surface area (Å²) in [6, 6.07) is 8.90. The van der Waals surface area contributed by atoms with E-state index in [0.29, 0.717) is 36.0 Å². The minimum absolute atomic E-state index is 0.105. The van der Waals surface area contributed by atoms with Gasteiger partial charge in [-0.25, -0.2) is 5.06 Å². The van der Waals surface area contributed by atoms with Gasteiger partial charge in [0.25, 0.3) is 0 Å². The van der Waals surface area contributed by atoms with Gasteiger partial charge in [0.1, 0.15) is 6.04 Å². The number of amides is 3. The fourth-order valence-electron chi connectivity index (χ4n) is 4.88. The molecule has 0 bridgehead atoms. The van der Waals surface area contributed by atoms with Crippen LogP contribution in [0.3, 0.4) is 0 Å². The van der Waals surface area contributed by atoms with Crippen molar-refractivity contribution in [3.05, 3.63) is 41.0 Å². The highest BCUT2D eigenvalue weighted by Gasteiger charge is 2.38. The first-order valence-corrected chi connectivity index (χ1v) is 13.7. The second-order valence-electron chi connectivity index (χ2n) is 11.2. The molecular weight excluding hydrogens is 506 g/mol. The van der Waals surface area contributed by atoms with E-state index in [4.69, 9.17) is 11.6 Å². The van der Waals surface area contributed by atoms with Crippen LogP contribution in [0, 0.1) is 11.3 Å². The number of carbonyl (C=O) groups is 3. The van der Waals surface area contributed by atoms with E-state index in [-0.39, 0.29) is 24.3 Å². The molecule has 38 heavy (non-hydrogen) atoms. The Kier molecular flexibility index (Phi) is 10.3. The molecule has 10 heteroatoms. The Bertz CT molecular complexity index is 1090. The zero-order valence-corrected chi connectivity index (χ0v) is 23.5. The molecule has 3 N–H and O–H groups in total. The van der Waals surface area contributed by atoms with E-state index < -0.39 is 17.4 Å². The van der Waals surface area contributed by atoms with Crippen LogP contribution >= 0.6 is 11.6 Å². The lowest BCUT2D eigenvalue weighted by molar-refractivity contribution is -0.155. The highest BCUT2D eigenvalue weighted by atomic mass is 35.5. The normalized spacial score (nSPS) is 16.1. The number of aromatic nitrogens is 2. The van der Waals surface area contributed by atoms with Crippen LogP contribution in [0.1, 0.15) is 71.4 Å². The van der Waals surface area contributed by atoms with E-state index in [2.05, 4.69) is 15.5 Å². The minimum Gasteiger partial charge on any atom is -0.344 e. The van der Waals surface area contributed by atoms with Gasteiger partial charge in [0.15, 0.2) is 0 Å². The van der Waals surface area contributed by atoms with Crippen LogP contribution in [0.15, 0.2) is 30.3 Å². The van der Waals surface area contributed by atoms with Crippen LogP contribution in [0.4, 0.5) is 0 Å². The summed E-state index contributed by atoms with van der Waals surface area (Å²) in [7, 11) is 0. The molecule has 1 aliphatic rings. The molecule has 1 aliphatic heterocycles. The van der Waals surface area contributed by atoms with Crippen molar-refractivity contribution in [2.45, 2.75) is 71.8 Å². The number of nitrogens with one attached hydrogen (secondary N) is 2. The van der Waals surface area contributed by atoms with Crippen molar-refractivity contribution >= 4 is 29.8 Å². The predicted octanol–water partition coefficient (Wildman–Crippen LogP) is 4.62. The highest BCUT2D eigenvalue weighted by molar-refractivity contribution is 6.33. The van der Waals surface area contributed by atoms with Crippen molar-refractivity contribution in [1.29, 1.82) is 0 Å². The summed E-state index contributed by atoms with van der Waals surface area (Å²) in [6.07, 6.45) is 4.02. The number of carbonyl (C=O) groups excluding carboxylic acids is 3. The number of halogens is 1. The maximum atomic E-state index is 13.6. The summed E-state index contributed by atoms with van der Waals surface area (Å²) < 4.78 is 0. The van der Waals surface area contributed by atoms with Crippen molar-refractivity contribution < 1.29 is 19.6 Å². The van der Waals surface area contributed by atoms with E-state index in [0.717, 1.165) is 42.6 Å². The van der Waals surface area contributed by atoms with Gasteiger partial charge in [0, 0.05) is 30.3 Å². The lowest BCUT2D eigenvalue weighted by Gasteiger charge is -2.38. The third-order valence-corrected chi connectivity index (χ3v) is 7.53. The topological polar surface area (TPSA) is 119 Å². The average Bonchev–Trinajstić information content (AvgIpc) is 3.38. The first kappa shape index (κ1) is 29.6. The smallest absolute Gasteiger partial charge is 0.245 e. The lowest BCUT2D eigenvalue weighted by atomic mass is 9.84. The number of piperidine rings is 1. The van der Waals surface area contributed by atoms with Crippen molar-refractivity contribution in [3.8, 4) is 11.3 Å². The zero-order chi connectivity index (χ0) is 27.9. The largest absolute Gasteiger partial charge is 0.344 e. The Balaban J connectivity index is 1.65. The second-order valence-corrected chi connectivity index (χ2v) is 11.6. The Labute approximate surface area is 229 Å². The molecule has 3 amide bonds. The van der Waals surface area contributed by atoms with Crippen LogP contribution in [-0.4, -0.2) is 69.3 Å². The van der Waals surface area contributed by atoms with Gasteiger partial charge < -0.3 is 10.2 Å². The first-order valence-electron chi connectivity index (χ1n) is 13.3. The van der Waals surface area contributed by atoms with Gasteiger partial charge in [-0.3, -0.25) is 24.7 Å². The van der Waals surface area contributed by atoms with Gasteiger partial charge in [-0.05, 0) is 36.8 Å². The zero-order valence-electron chi connectivity index (χ0n) is 22.7. The molecule has 3 rings (SSSR count). The average molecular weight is 546 g/mol. The third kappa shape index (κ3) is 7.57. The molecule has 0 unspecified atom stereocenters. The molecule has 208 valence electrons. The number of unbranched alkanes of at least 4 members (excludes halogenated alkanes) is 1. The van der Waals surface area contributed by atoms with E-state index in [9.17, 15) is 19.6 Å². The molecule has 0 saturated carbocycles. The molecule has 1 aromatic carbocycles. The van der Waals surface area contributed by atoms with E-state index in [1.165, 1.54) is 0 Å². The maximum absolute atomic E-state index is 13.6. The molecule has 1 aromatic heterocycles. The fourth-order valence-corrected chi connectivity index (χ4v) is 5.11. The van der Waals surface area contributed by atoms with E-state index >= 15 is 0 Å². The van der Waals surface area contributed by atoms with Gasteiger partial charge in [-0.15, -0.1) is 0 Å². The fraction of sp³-hybridized carbons (Fsp3) is 0.571. The van der Waals surface area contributed by atoms with E-state index in [1.807, 2.05) is 62.9 Å². The first-order chi connectivity index (χ1) is 18.0. The Morgan fingerprint density at radius 1 is 1.29 bits per heavy atom. The number of rotatable bonds is 11. The van der Waals surface area contributed by atoms with Gasteiger partial charge >= 0.3 is 0 Å². The standard InChI is InChI=1S/C28H40ClN5O4/c1-5-6-9-20(17-34(38)18-35)26(36)30-25(28(2,3)4)27(37)33-14-12-19(13-15-33)23-16-24(32-31-23)21-10-7-8-11-22(21)29/h7-8,10-11,16,18-20,25,38H,5-6,9,12-15,17H2,1-4H3,(H,30,36)(H,31,32)/t20-,25-/m1/s1. The van der Waals surface area contributed by atoms with Gasteiger partial charge in [-0.1, -0.05) is 70.3 Å². The Morgan fingerprint density at radius 2 is 1.97 bits per heavy atom. The van der Waals surface area contributed by atoms with Crippen molar-refractivity contribution in [1.82, 2.24) is 25.5 Å². The lowest BCUT2D eigenvalue weighted by Crippen LogP contribution is -2.57. The number of hydrogen-bond acceptors (Lipinski definition) is 5. The molecule has 9 nitrogen and oxygen atoms in total. The monoisotopic (exact) mass is 545 g/mol. The Morgan fingerprint density at radius 3 is 2.58 bits per heavy atom. The molecule has 1 saturated heterocycles. The highest BCUT2D eigenvalue weighted by Crippen LogP contribution is 2.32. The summed E-state index contributed by atoms with van der Waals surface area (Å²) >= 11 is 6.33. The van der Waals surface area contributed by atoms with Crippen LogP contribution in [0.5, 0.6) is 0 Å². The maximum Gasteiger partial charge on any atom is 0.245 e. The van der Waals surface area contributed by atoms with Crippen LogP contribution in [-0.2, 0) is 14.4 Å². The molecule has 0 spiro atoms. The van der Waals surface area contributed by atoms with Gasteiger partial charge in [0.05, 0.1) is 23.2 Å². The second kappa shape index (κ2) is 13.2. The van der Waals surface area contributed by atoms with Gasteiger partial charge in [0.2, 0.25) is 18.2 Å². The van der Waals surface area contributed by atoms with Gasteiger partial charge in [-0.2, -0.15) is 5.10 Å². The van der Waals surface area contributed by atoms with Crippen LogP contribution in [0.25, 0.3) is 11.3 Å². The molecule has 2 heterocycles. The molecular formula is C28H40ClN5O4. The molecule has 1 fully saturated rings. The number of aromatic amines is 1. The quantitative estimate of drug-likeness (QED) is 0.216. The molecule has 0 aliphatic carbocycles. The van der Waals surface area contributed by atoms with E-state index in [1.54, 1.807) is 0 Å². The molecule has 0 radical (unpaired) electrons. The van der Waals surface area contributed by atoms with Crippen molar-refractivity contribution in [2.24, 2.45) is 11.3 Å². The summed E-state index contributed by atoms with van der Waals surface area (Å²) in [5.74, 6) is -0.799. The van der Waals surface area contributed by atoms with Crippen LogP contribution in [0.2, 0.25) is 5.02 Å². The number of H-pyrrole nitrogens is 1. The SMILES string of the molecule is CCCC[C@H](CN(O)C=O)C(=O)N[C@H](C(=O)N1CCC(c2cc(-c3ccccc3Cl)n[nH]2)CC1)C(C)(C)C. The van der Waals surface area contributed by atoms with Crippen molar-refractivity contribution in [3.63, 3.8) is 0 Å². The molecule has 2 aromatic rings. The number of nitrogens with zero attached hydrogens (tertiary/aromatic N) is 3.